The van der Waals surface area contributed by atoms with Crippen molar-refractivity contribution in [3.63, 3.8) is 0 Å². The van der Waals surface area contributed by atoms with Crippen molar-refractivity contribution in [3.8, 4) is 0 Å². The monoisotopic (exact) mass is 240 g/mol. The number of allylic oxidation sites excluding steroid dienone is 1. The second-order valence-electron chi connectivity index (χ2n) is 4.16. The first kappa shape index (κ1) is 12.3. The SMILES string of the molecule is CCn1ccc(C=CC(=O)c2ccc(C)cc2)n1. The van der Waals surface area contributed by atoms with Crippen LogP contribution in [0.4, 0.5) is 0 Å². The van der Waals surface area contributed by atoms with Crippen molar-refractivity contribution in [1.29, 1.82) is 0 Å². The molecule has 0 N–H and O–H groups in total. The lowest BCUT2D eigenvalue weighted by atomic mass is 10.1. The van der Waals surface area contributed by atoms with Gasteiger partial charge in [0.1, 0.15) is 0 Å². The Morgan fingerprint density at radius 1 is 1.28 bits per heavy atom. The number of carbonyl (C=O) groups is 1. The summed E-state index contributed by atoms with van der Waals surface area (Å²) < 4.78 is 1.83. The molecule has 0 amide bonds. The number of aromatic nitrogens is 2. The normalized spacial score (nSPS) is 11.0. The van der Waals surface area contributed by atoms with E-state index in [1.807, 2.05) is 55.1 Å². The average molecular weight is 240 g/mol. The molecule has 18 heavy (non-hydrogen) atoms. The van der Waals surface area contributed by atoms with Gasteiger partial charge in [-0.15, -0.1) is 0 Å². The summed E-state index contributed by atoms with van der Waals surface area (Å²) in [5.41, 5.74) is 2.65. The molecule has 0 bridgehead atoms. The number of nitrogens with zero attached hydrogens (tertiary/aromatic N) is 2. The van der Waals surface area contributed by atoms with Gasteiger partial charge in [-0.05, 0) is 32.1 Å². The minimum Gasteiger partial charge on any atom is -0.289 e. The van der Waals surface area contributed by atoms with Gasteiger partial charge in [0.05, 0.1) is 5.69 Å². The first-order valence-electron chi connectivity index (χ1n) is 6.01. The third-order valence-corrected chi connectivity index (χ3v) is 2.73. The smallest absolute Gasteiger partial charge is 0.185 e. The Hall–Kier alpha value is -2.16. The Labute approximate surface area is 107 Å². The summed E-state index contributed by atoms with van der Waals surface area (Å²) in [6.07, 6.45) is 5.21. The number of carbonyl (C=O) groups excluding carboxylic acids is 1. The van der Waals surface area contributed by atoms with E-state index in [9.17, 15) is 4.79 Å². The van der Waals surface area contributed by atoms with E-state index >= 15 is 0 Å². The maximum Gasteiger partial charge on any atom is 0.185 e. The molecule has 0 aliphatic heterocycles. The van der Waals surface area contributed by atoms with Crippen LogP contribution in [0.25, 0.3) is 6.08 Å². The predicted octanol–water partition coefficient (Wildman–Crippen LogP) is 3.11. The highest BCUT2D eigenvalue weighted by atomic mass is 16.1. The van der Waals surface area contributed by atoms with Crippen LogP contribution in [0.1, 0.15) is 28.5 Å². The van der Waals surface area contributed by atoms with Crippen LogP contribution in [0.5, 0.6) is 0 Å². The van der Waals surface area contributed by atoms with E-state index in [0.29, 0.717) is 5.56 Å². The summed E-state index contributed by atoms with van der Waals surface area (Å²) in [4.78, 5) is 11.9. The van der Waals surface area contributed by atoms with Crippen LogP contribution in [0.15, 0.2) is 42.6 Å². The van der Waals surface area contributed by atoms with E-state index < -0.39 is 0 Å². The van der Waals surface area contributed by atoms with Crippen molar-refractivity contribution in [2.24, 2.45) is 0 Å². The highest BCUT2D eigenvalue weighted by Gasteiger charge is 2.01. The van der Waals surface area contributed by atoms with Gasteiger partial charge in [-0.2, -0.15) is 5.10 Å². The molecule has 0 saturated heterocycles. The number of hydrogen-bond donors (Lipinski definition) is 0. The van der Waals surface area contributed by atoms with Gasteiger partial charge in [0.2, 0.25) is 0 Å². The first-order chi connectivity index (χ1) is 8.69. The van der Waals surface area contributed by atoms with Crippen LogP contribution >= 0.6 is 0 Å². The number of hydrogen-bond acceptors (Lipinski definition) is 2. The van der Waals surface area contributed by atoms with Crippen molar-refractivity contribution < 1.29 is 4.79 Å². The van der Waals surface area contributed by atoms with Gasteiger partial charge in [-0.1, -0.05) is 29.8 Å². The zero-order chi connectivity index (χ0) is 13.0. The third kappa shape index (κ3) is 2.94. The maximum atomic E-state index is 11.9. The summed E-state index contributed by atoms with van der Waals surface area (Å²) in [5.74, 6) is 0.000971. The molecule has 0 aliphatic carbocycles. The van der Waals surface area contributed by atoms with E-state index in [4.69, 9.17) is 0 Å². The van der Waals surface area contributed by atoms with Gasteiger partial charge >= 0.3 is 0 Å². The Kier molecular flexibility index (Phi) is 3.72. The Bertz CT molecular complexity index is 564. The second kappa shape index (κ2) is 5.45. The van der Waals surface area contributed by atoms with E-state index in [1.165, 1.54) is 0 Å². The Morgan fingerprint density at radius 3 is 2.61 bits per heavy atom. The molecule has 0 saturated carbocycles. The van der Waals surface area contributed by atoms with Crippen molar-refractivity contribution >= 4 is 11.9 Å². The lowest BCUT2D eigenvalue weighted by molar-refractivity contribution is 0.104. The van der Waals surface area contributed by atoms with E-state index in [2.05, 4.69) is 5.10 Å². The van der Waals surface area contributed by atoms with Crippen LogP contribution in [0, 0.1) is 6.92 Å². The van der Waals surface area contributed by atoms with Gasteiger partial charge < -0.3 is 0 Å². The van der Waals surface area contributed by atoms with E-state index in [-0.39, 0.29) is 5.78 Å². The summed E-state index contributed by atoms with van der Waals surface area (Å²) in [6.45, 7) is 4.86. The summed E-state index contributed by atoms with van der Waals surface area (Å²) >= 11 is 0. The second-order valence-corrected chi connectivity index (χ2v) is 4.16. The van der Waals surface area contributed by atoms with E-state index in [1.54, 1.807) is 12.2 Å². The maximum absolute atomic E-state index is 11.9. The number of aryl methyl sites for hydroxylation is 2. The molecule has 3 nitrogen and oxygen atoms in total. The molecule has 1 aromatic carbocycles. The minimum absolute atomic E-state index is 0.000971. The fraction of sp³-hybridized carbons (Fsp3) is 0.200. The molecule has 0 atom stereocenters. The molecular formula is C15H16N2O. The van der Waals surface area contributed by atoms with Gasteiger partial charge in [0.15, 0.2) is 5.78 Å². The summed E-state index contributed by atoms with van der Waals surface area (Å²) in [5, 5.41) is 4.29. The molecule has 0 unspecified atom stereocenters. The molecule has 3 heteroatoms. The van der Waals surface area contributed by atoms with Gasteiger partial charge in [-0.25, -0.2) is 0 Å². The third-order valence-electron chi connectivity index (χ3n) is 2.73. The number of rotatable bonds is 4. The van der Waals surface area contributed by atoms with Gasteiger partial charge in [0.25, 0.3) is 0 Å². The number of ketones is 1. The van der Waals surface area contributed by atoms with Gasteiger partial charge in [-0.3, -0.25) is 9.48 Å². The summed E-state index contributed by atoms with van der Waals surface area (Å²) in [6, 6.07) is 9.45. The number of benzene rings is 1. The zero-order valence-electron chi connectivity index (χ0n) is 10.6. The van der Waals surface area contributed by atoms with Crippen LogP contribution in [-0.2, 0) is 6.54 Å². The molecule has 92 valence electrons. The topological polar surface area (TPSA) is 34.9 Å². The van der Waals surface area contributed by atoms with Crippen LogP contribution < -0.4 is 0 Å². The molecule has 0 radical (unpaired) electrons. The average Bonchev–Trinajstić information content (AvgIpc) is 2.85. The van der Waals surface area contributed by atoms with Crippen LogP contribution in [0.2, 0.25) is 0 Å². The molecule has 2 rings (SSSR count). The molecule has 1 aromatic heterocycles. The standard InChI is InChI=1S/C15H16N2O/c1-3-17-11-10-14(16-17)8-9-15(18)13-6-4-12(2)5-7-13/h4-11H,3H2,1-2H3. The fourth-order valence-corrected chi connectivity index (χ4v) is 1.62. The largest absolute Gasteiger partial charge is 0.289 e. The highest BCUT2D eigenvalue weighted by Crippen LogP contribution is 2.06. The highest BCUT2D eigenvalue weighted by molar-refractivity contribution is 6.06. The fourth-order valence-electron chi connectivity index (χ4n) is 1.62. The van der Waals surface area contributed by atoms with Crippen molar-refractivity contribution in [1.82, 2.24) is 9.78 Å². The van der Waals surface area contributed by atoms with Crippen molar-refractivity contribution in [2.75, 3.05) is 0 Å². The van der Waals surface area contributed by atoms with Crippen molar-refractivity contribution in [2.45, 2.75) is 20.4 Å². The van der Waals surface area contributed by atoms with Gasteiger partial charge in [0, 0.05) is 18.3 Å². The van der Waals surface area contributed by atoms with Crippen LogP contribution in [-0.4, -0.2) is 15.6 Å². The minimum atomic E-state index is 0.000971. The molecule has 0 fully saturated rings. The Balaban J connectivity index is 2.09. The lowest BCUT2D eigenvalue weighted by Gasteiger charge is -1.96. The van der Waals surface area contributed by atoms with E-state index in [0.717, 1.165) is 17.8 Å². The molecule has 0 aliphatic rings. The molecule has 0 spiro atoms. The zero-order valence-corrected chi connectivity index (χ0v) is 10.6. The van der Waals surface area contributed by atoms with Crippen LogP contribution in [0.3, 0.4) is 0 Å². The first-order valence-corrected chi connectivity index (χ1v) is 6.01. The van der Waals surface area contributed by atoms with Crippen molar-refractivity contribution in [3.05, 3.63) is 59.4 Å². The summed E-state index contributed by atoms with van der Waals surface area (Å²) in [7, 11) is 0. The quantitative estimate of drug-likeness (QED) is 0.608. The Morgan fingerprint density at radius 2 is 2.00 bits per heavy atom. The lowest BCUT2D eigenvalue weighted by Crippen LogP contribution is -1.95. The molecule has 1 heterocycles. The predicted molar refractivity (Wildman–Crippen MR) is 72.4 cm³/mol. The molecule has 2 aromatic rings. The molecular weight excluding hydrogens is 224 g/mol.